The van der Waals surface area contributed by atoms with Crippen molar-refractivity contribution in [3.8, 4) is 0 Å². The number of nitrogens with zero attached hydrogens (tertiary/aromatic N) is 5. The summed E-state index contributed by atoms with van der Waals surface area (Å²) in [6.07, 6.45) is 4.17. The van der Waals surface area contributed by atoms with Crippen LogP contribution in [0.25, 0.3) is 0 Å². The van der Waals surface area contributed by atoms with Crippen LogP contribution >= 0.6 is 0 Å². The van der Waals surface area contributed by atoms with Crippen LogP contribution in [0.4, 0.5) is 0 Å². The molecule has 3 rings (SSSR count). The molecule has 2 amide bonds. The molecule has 0 unspecified atom stereocenters. The second-order valence-corrected chi connectivity index (χ2v) is 6.04. The highest BCUT2D eigenvalue weighted by atomic mass is 16.5. The molecule has 0 spiro atoms. The molecule has 2 aliphatic rings. The summed E-state index contributed by atoms with van der Waals surface area (Å²) in [5, 5.41) is 7.81. The van der Waals surface area contributed by atoms with Gasteiger partial charge in [-0.25, -0.2) is 0 Å². The SMILES string of the molecule is Cn1cnnc1CCC(=O)N1CCC[C@H]1C(=O)N1CCOCC1. The van der Waals surface area contributed by atoms with Crippen molar-refractivity contribution < 1.29 is 14.3 Å². The first-order chi connectivity index (χ1) is 11.2. The van der Waals surface area contributed by atoms with Crippen LogP contribution in [0.15, 0.2) is 6.33 Å². The van der Waals surface area contributed by atoms with Crippen molar-refractivity contribution in [3.05, 3.63) is 12.2 Å². The minimum Gasteiger partial charge on any atom is -0.378 e. The van der Waals surface area contributed by atoms with Crippen molar-refractivity contribution in [1.82, 2.24) is 24.6 Å². The molecular formula is C15H23N5O3. The number of morpholine rings is 1. The van der Waals surface area contributed by atoms with Gasteiger partial charge in [-0.05, 0) is 12.8 Å². The monoisotopic (exact) mass is 321 g/mol. The number of hydrogen-bond acceptors (Lipinski definition) is 5. The van der Waals surface area contributed by atoms with Crippen molar-refractivity contribution >= 4 is 11.8 Å². The van der Waals surface area contributed by atoms with Gasteiger partial charge in [-0.3, -0.25) is 9.59 Å². The molecule has 8 nitrogen and oxygen atoms in total. The van der Waals surface area contributed by atoms with Gasteiger partial charge in [-0.2, -0.15) is 0 Å². The maximum absolute atomic E-state index is 12.7. The van der Waals surface area contributed by atoms with Crippen molar-refractivity contribution in [2.24, 2.45) is 7.05 Å². The zero-order valence-electron chi connectivity index (χ0n) is 13.5. The number of aryl methyl sites for hydroxylation is 2. The van der Waals surface area contributed by atoms with Crippen molar-refractivity contribution in [1.29, 1.82) is 0 Å². The van der Waals surface area contributed by atoms with Gasteiger partial charge in [-0.1, -0.05) is 0 Å². The lowest BCUT2D eigenvalue weighted by molar-refractivity contribution is -0.146. The van der Waals surface area contributed by atoms with Crippen LogP contribution in [-0.4, -0.2) is 75.3 Å². The summed E-state index contributed by atoms with van der Waals surface area (Å²) in [7, 11) is 1.86. The summed E-state index contributed by atoms with van der Waals surface area (Å²) in [5.74, 6) is 0.878. The molecule has 2 fully saturated rings. The van der Waals surface area contributed by atoms with Gasteiger partial charge in [0.1, 0.15) is 18.2 Å². The number of rotatable bonds is 4. The normalized spacial score (nSPS) is 21.7. The third-order valence-electron chi connectivity index (χ3n) is 4.55. The molecule has 0 aliphatic carbocycles. The predicted octanol–water partition coefficient (Wildman–Crippen LogP) is -0.402. The summed E-state index contributed by atoms with van der Waals surface area (Å²) in [4.78, 5) is 28.7. The maximum atomic E-state index is 12.7. The third-order valence-corrected chi connectivity index (χ3v) is 4.55. The molecule has 8 heteroatoms. The van der Waals surface area contributed by atoms with E-state index in [9.17, 15) is 9.59 Å². The number of likely N-dealkylation sites (tertiary alicyclic amines) is 1. The molecule has 1 aromatic heterocycles. The van der Waals surface area contributed by atoms with E-state index in [0.29, 0.717) is 45.7 Å². The van der Waals surface area contributed by atoms with Crippen LogP contribution in [0.3, 0.4) is 0 Å². The standard InChI is InChI=1S/C15H23N5O3/c1-18-11-16-17-13(18)4-5-14(21)20-6-2-3-12(20)15(22)19-7-9-23-10-8-19/h11-12H,2-10H2,1H3/t12-/m0/s1. The number of carbonyl (C=O) groups excluding carboxylic acids is 2. The molecule has 0 radical (unpaired) electrons. The van der Waals surface area contributed by atoms with Crippen molar-refractivity contribution in [2.45, 2.75) is 31.7 Å². The highest BCUT2D eigenvalue weighted by Crippen LogP contribution is 2.21. The van der Waals surface area contributed by atoms with E-state index < -0.39 is 0 Å². The van der Waals surface area contributed by atoms with Gasteiger partial charge in [0, 0.05) is 39.5 Å². The first kappa shape index (κ1) is 15.9. The van der Waals surface area contributed by atoms with Gasteiger partial charge in [-0.15, -0.1) is 10.2 Å². The fourth-order valence-electron chi connectivity index (χ4n) is 3.21. The lowest BCUT2D eigenvalue weighted by Crippen LogP contribution is -2.51. The van der Waals surface area contributed by atoms with Gasteiger partial charge in [0.2, 0.25) is 11.8 Å². The minimum atomic E-state index is -0.305. The Labute approximate surface area is 135 Å². The Morgan fingerprint density at radius 3 is 2.78 bits per heavy atom. The topological polar surface area (TPSA) is 80.6 Å². The van der Waals surface area contributed by atoms with Crippen LogP contribution in [0.2, 0.25) is 0 Å². The second kappa shape index (κ2) is 7.08. The fourth-order valence-corrected chi connectivity index (χ4v) is 3.21. The molecular weight excluding hydrogens is 298 g/mol. The smallest absolute Gasteiger partial charge is 0.245 e. The number of ether oxygens (including phenoxy) is 1. The third kappa shape index (κ3) is 3.52. The summed E-state index contributed by atoms with van der Waals surface area (Å²) >= 11 is 0. The molecule has 2 aliphatic heterocycles. The molecule has 2 saturated heterocycles. The Hall–Kier alpha value is -1.96. The van der Waals surface area contributed by atoms with Gasteiger partial charge in [0.15, 0.2) is 0 Å². The summed E-state index contributed by atoms with van der Waals surface area (Å²) < 4.78 is 7.10. The fraction of sp³-hybridized carbons (Fsp3) is 0.733. The van der Waals surface area contributed by atoms with E-state index in [1.165, 1.54) is 0 Å². The van der Waals surface area contributed by atoms with E-state index in [4.69, 9.17) is 4.74 Å². The zero-order chi connectivity index (χ0) is 16.2. The number of amides is 2. The number of hydrogen-bond donors (Lipinski definition) is 0. The van der Waals surface area contributed by atoms with Crippen LogP contribution in [-0.2, 0) is 27.8 Å². The van der Waals surface area contributed by atoms with Gasteiger partial charge < -0.3 is 19.1 Å². The van der Waals surface area contributed by atoms with Crippen LogP contribution in [0.1, 0.15) is 25.1 Å². The number of carbonyl (C=O) groups is 2. The van der Waals surface area contributed by atoms with E-state index in [1.807, 2.05) is 16.5 Å². The molecule has 3 heterocycles. The first-order valence-electron chi connectivity index (χ1n) is 8.15. The van der Waals surface area contributed by atoms with Gasteiger partial charge >= 0.3 is 0 Å². The highest BCUT2D eigenvalue weighted by Gasteiger charge is 2.36. The molecule has 0 bridgehead atoms. The quantitative estimate of drug-likeness (QED) is 0.754. The summed E-state index contributed by atoms with van der Waals surface area (Å²) in [6.45, 7) is 3.07. The molecule has 1 atom stereocenters. The van der Waals surface area contributed by atoms with Crippen LogP contribution in [0, 0.1) is 0 Å². The van der Waals surface area contributed by atoms with E-state index in [1.54, 1.807) is 11.2 Å². The molecule has 1 aromatic rings. The van der Waals surface area contributed by atoms with Crippen LogP contribution < -0.4 is 0 Å². The number of aromatic nitrogens is 3. The maximum Gasteiger partial charge on any atom is 0.245 e. The van der Waals surface area contributed by atoms with Crippen molar-refractivity contribution in [3.63, 3.8) is 0 Å². The zero-order valence-corrected chi connectivity index (χ0v) is 13.5. The van der Waals surface area contributed by atoms with E-state index in [2.05, 4.69) is 10.2 Å². The Morgan fingerprint density at radius 2 is 2.09 bits per heavy atom. The summed E-state index contributed by atoms with van der Waals surface area (Å²) in [5.41, 5.74) is 0. The molecule has 0 aromatic carbocycles. The molecule has 0 N–H and O–H groups in total. The Kier molecular flexibility index (Phi) is 4.90. The average Bonchev–Trinajstić information content (AvgIpc) is 3.22. The van der Waals surface area contributed by atoms with Gasteiger partial charge in [0.25, 0.3) is 0 Å². The largest absolute Gasteiger partial charge is 0.378 e. The molecule has 23 heavy (non-hydrogen) atoms. The van der Waals surface area contributed by atoms with E-state index >= 15 is 0 Å². The summed E-state index contributed by atoms with van der Waals surface area (Å²) in [6, 6.07) is -0.305. The van der Waals surface area contributed by atoms with Crippen LogP contribution in [0.5, 0.6) is 0 Å². The van der Waals surface area contributed by atoms with Crippen molar-refractivity contribution in [2.75, 3.05) is 32.8 Å². The Balaban J connectivity index is 1.58. The Bertz CT molecular complexity index is 567. The lowest BCUT2D eigenvalue weighted by Gasteiger charge is -2.32. The second-order valence-electron chi connectivity index (χ2n) is 6.04. The molecule has 0 saturated carbocycles. The minimum absolute atomic E-state index is 0.0251. The van der Waals surface area contributed by atoms with E-state index in [0.717, 1.165) is 18.7 Å². The van der Waals surface area contributed by atoms with E-state index in [-0.39, 0.29) is 17.9 Å². The highest BCUT2D eigenvalue weighted by molar-refractivity contribution is 5.88. The van der Waals surface area contributed by atoms with Gasteiger partial charge in [0.05, 0.1) is 13.2 Å². The predicted molar refractivity (Wildman–Crippen MR) is 81.5 cm³/mol. The average molecular weight is 321 g/mol. The molecule has 126 valence electrons. The first-order valence-corrected chi connectivity index (χ1v) is 8.15. The lowest BCUT2D eigenvalue weighted by atomic mass is 10.1. The Morgan fingerprint density at radius 1 is 1.30 bits per heavy atom.